The molecule has 5 nitrogen and oxygen atoms in total. The lowest BCUT2D eigenvalue weighted by Gasteiger charge is -2.35. The van der Waals surface area contributed by atoms with Gasteiger partial charge in [0, 0.05) is 5.92 Å². The average Bonchev–Trinajstić information content (AvgIpc) is 3.36. The van der Waals surface area contributed by atoms with Crippen molar-refractivity contribution in [1.82, 2.24) is 0 Å². The molecule has 2 aliphatic heterocycles. The van der Waals surface area contributed by atoms with Crippen molar-refractivity contribution in [1.29, 1.82) is 0 Å². The van der Waals surface area contributed by atoms with Crippen LogP contribution in [0.25, 0.3) is 6.08 Å². The Hall–Kier alpha value is -3.70. The molecule has 170 valence electrons. The molecule has 3 aromatic rings. The predicted octanol–water partition coefficient (Wildman–Crippen LogP) is 4.92. The second-order valence-electron chi connectivity index (χ2n) is 9.08. The third kappa shape index (κ3) is 2.48. The highest BCUT2D eigenvalue weighted by Gasteiger charge is 2.68. The monoisotopic (exact) mass is 452 g/mol. The molecule has 6 rings (SSSR count). The van der Waals surface area contributed by atoms with Crippen molar-refractivity contribution in [2.45, 2.75) is 24.0 Å². The number of rotatable bonds is 3. The summed E-state index contributed by atoms with van der Waals surface area (Å²) in [6, 6.07) is 26.0. The first kappa shape index (κ1) is 20.9. The van der Waals surface area contributed by atoms with Gasteiger partial charge in [0.05, 0.1) is 14.2 Å². The Morgan fingerprint density at radius 3 is 2.15 bits per heavy atom. The van der Waals surface area contributed by atoms with Crippen molar-refractivity contribution in [3.63, 3.8) is 0 Å². The van der Waals surface area contributed by atoms with Crippen LogP contribution in [0.3, 0.4) is 0 Å². The normalized spacial score (nSPS) is 25.3. The molecule has 0 amide bonds. The summed E-state index contributed by atoms with van der Waals surface area (Å²) >= 11 is 0. The van der Waals surface area contributed by atoms with Crippen molar-refractivity contribution in [3.05, 3.63) is 112 Å². The molecule has 3 aliphatic rings. The predicted molar refractivity (Wildman–Crippen MR) is 126 cm³/mol. The van der Waals surface area contributed by atoms with Crippen LogP contribution in [0.15, 0.2) is 84.4 Å². The number of fused-ring (bicyclic) bond motifs is 4. The first-order valence-corrected chi connectivity index (χ1v) is 11.4. The molecule has 0 unspecified atom stereocenters. The zero-order valence-electron chi connectivity index (χ0n) is 19.0. The fourth-order valence-electron chi connectivity index (χ4n) is 6.21. The first-order valence-electron chi connectivity index (χ1n) is 11.4. The van der Waals surface area contributed by atoms with Gasteiger partial charge in [-0.15, -0.1) is 0 Å². The molecular formula is C29H24O5. The molecule has 0 radical (unpaired) electrons. The van der Waals surface area contributed by atoms with Crippen LogP contribution in [0.5, 0.6) is 0 Å². The minimum Gasteiger partial charge on any atom is -0.468 e. The van der Waals surface area contributed by atoms with Gasteiger partial charge in [0.15, 0.2) is 5.41 Å². The highest BCUT2D eigenvalue weighted by atomic mass is 16.6. The zero-order chi connectivity index (χ0) is 23.5. The van der Waals surface area contributed by atoms with E-state index in [2.05, 4.69) is 18.2 Å². The number of esters is 2. The second kappa shape index (κ2) is 7.40. The van der Waals surface area contributed by atoms with Gasteiger partial charge < -0.3 is 14.2 Å². The van der Waals surface area contributed by atoms with E-state index in [1.165, 1.54) is 14.2 Å². The smallest absolute Gasteiger partial charge is 0.326 e. The van der Waals surface area contributed by atoms with Gasteiger partial charge >= 0.3 is 11.9 Å². The Balaban J connectivity index is 1.72. The highest BCUT2D eigenvalue weighted by molar-refractivity contribution is 6.02. The van der Waals surface area contributed by atoms with Crippen molar-refractivity contribution in [2.75, 3.05) is 14.2 Å². The van der Waals surface area contributed by atoms with Gasteiger partial charge in [0.25, 0.3) is 0 Å². The topological polar surface area (TPSA) is 61.8 Å². The summed E-state index contributed by atoms with van der Waals surface area (Å²) < 4.78 is 17.5. The summed E-state index contributed by atoms with van der Waals surface area (Å²) in [7, 11) is 2.61. The lowest BCUT2D eigenvalue weighted by molar-refractivity contribution is -0.185. The molecule has 3 atom stereocenters. The van der Waals surface area contributed by atoms with Crippen LogP contribution >= 0.6 is 0 Å². The minimum atomic E-state index is -1.66. The van der Waals surface area contributed by atoms with E-state index in [1.807, 2.05) is 66.7 Å². The Labute approximate surface area is 198 Å². The molecule has 3 aromatic carbocycles. The standard InChI is InChI=1S/C29H24O5/c1-32-26(30)28(27(31)33-2)17-21(18-10-4-3-5-11-18)24-16-19-12-6-8-14-22(19)29(24)23-15-9-7-13-20(23)25(28)34-29/h3-16,21,25H,17H2,1-2H3/t21-,25-,29+/m1/s1. The molecule has 0 saturated carbocycles. The number of methoxy groups -OCH3 is 2. The minimum absolute atomic E-state index is 0.178. The van der Waals surface area contributed by atoms with E-state index in [1.54, 1.807) is 0 Å². The van der Waals surface area contributed by atoms with Crippen molar-refractivity contribution < 1.29 is 23.8 Å². The van der Waals surface area contributed by atoms with Gasteiger partial charge in [-0.05, 0) is 39.8 Å². The molecule has 1 spiro atoms. The van der Waals surface area contributed by atoms with Gasteiger partial charge in [-0.1, -0.05) is 84.9 Å². The maximum Gasteiger partial charge on any atom is 0.326 e. The van der Waals surface area contributed by atoms with E-state index in [-0.39, 0.29) is 12.3 Å². The third-order valence-electron chi connectivity index (χ3n) is 7.63. The maximum atomic E-state index is 13.6. The highest BCUT2D eigenvalue weighted by Crippen LogP contribution is 2.67. The first-order chi connectivity index (χ1) is 16.6. The van der Waals surface area contributed by atoms with Crippen LogP contribution in [-0.2, 0) is 29.4 Å². The summed E-state index contributed by atoms with van der Waals surface area (Å²) in [6.45, 7) is 0. The SMILES string of the molecule is COC(=O)C1(C(=O)OC)C[C@H](c2ccccc2)C2=Cc3ccccc3[C@@]23O[C@@H]1c1ccccc13. The molecule has 2 heterocycles. The van der Waals surface area contributed by atoms with E-state index in [0.717, 1.165) is 33.4 Å². The lowest BCUT2D eigenvalue weighted by Crippen LogP contribution is -2.46. The Kier molecular flexibility index (Phi) is 4.55. The Morgan fingerprint density at radius 1 is 0.824 bits per heavy atom. The molecule has 5 heteroatoms. The summed E-state index contributed by atoms with van der Waals surface area (Å²) in [4.78, 5) is 27.1. The maximum absolute atomic E-state index is 13.6. The number of ether oxygens (including phenoxy) is 3. The molecule has 1 aliphatic carbocycles. The summed E-state index contributed by atoms with van der Waals surface area (Å²) in [6.07, 6.45) is 1.49. The van der Waals surface area contributed by atoms with Crippen LogP contribution in [0.2, 0.25) is 0 Å². The van der Waals surface area contributed by atoms with Crippen LogP contribution in [0.1, 0.15) is 46.3 Å². The number of hydrogen-bond acceptors (Lipinski definition) is 5. The van der Waals surface area contributed by atoms with Crippen LogP contribution in [0, 0.1) is 5.41 Å². The number of carbonyl (C=O) groups is 2. The van der Waals surface area contributed by atoms with Crippen molar-refractivity contribution in [2.24, 2.45) is 5.41 Å². The van der Waals surface area contributed by atoms with Crippen molar-refractivity contribution >= 4 is 18.0 Å². The van der Waals surface area contributed by atoms with E-state index in [0.29, 0.717) is 0 Å². The van der Waals surface area contributed by atoms with Gasteiger partial charge in [-0.3, -0.25) is 9.59 Å². The average molecular weight is 453 g/mol. The number of benzene rings is 3. The lowest BCUT2D eigenvalue weighted by atomic mass is 9.65. The molecule has 2 bridgehead atoms. The Bertz CT molecular complexity index is 1330. The molecule has 1 saturated heterocycles. The molecule has 34 heavy (non-hydrogen) atoms. The molecule has 1 fully saturated rings. The third-order valence-corrected chi connectivity index (χ3v) is 7.63. The van der Waals surface area contributed by atoms with Gasteiger partial charge in [-0.2, -0.15) is 0 Å². The summed E-state index contributed by atoms with van der Waals surface area (Å²) in [5.41, 5.74) is 3.33. The zero-order valence-corrected chi connectivity index (χ0v) is 19.0. The molecule has 0 N–H and O–H groups in total. The molecular weight excluding hydrogens is 428 g/mol. The van der Waals surface area contributed by atoms with Gasteiger partial charge in [0.1, 0.15) is 11.7 Å². The van der Waals surface area contributed by atoms with Crippen LogP contribution in [-0.4, -0.2) is 26.2 Å². The van der Waals surface area contributed by atoms with E-state index < -0.39 is 29.1 Å². The largest absolute Gasteiger partial charge is 0.468 e. The fraction of sp³-hybridized carbons (Fsp3) is 0.241. The quantitative estimate of drug-likeness (QED) is 0.417. The second-order valence-corrected chi connectivity index (χ2v) is 9.08. The molecule has 0 aromatic heterocycles. The van der Waals surface area contributed by atoms with E-state index in [4.69, 9.17) is 14.2 Å². The van der Waals surface area contributed by atoms with E-state index >= 15 is 0 Å². The number of hydrogen-bond donors (Lipinski definition) is 0. The van der Waals surface area contributed by atoms with Crippen LogP contribution in [0.4, 0.5) is 0 Å². The summed E-state index contributed by atoms with van der Waals surface area (Å²) in [5.74, 6) is -1.57. The van der Waals surface area contributed by atoms with Gasteiger partial charge in [0.2, 0.25) is 0 Å². The Morgan fingerprint density at radius 2 is 1.44 bits per heavy atom. The van der Waals surface area contributed by atoms with Gasteiger partial charge in [-0.25, -0.2) is 0 Å². The number of carbonyl (C=O) groups excluding carboxylic acids is 2. The van der Waals surface area contributed by atoms with E-state index in [9.17, 15) is 9.59 Å². The van der Waals surface area contributed by atoms with Crippen LogP contribution < -0.4 is 0 Å². The summed E-state index contributed by atoms with van der Waals surface area (Å²) in [5, 5.41) is 0. The van der Waals surface area contributed by atoms with Crippen molar-refractivity contribution in [3.8, 4) is 0 Å². The fourth-order valence-corrected chi connectivity index (χ4v) is 6.21.